The van der Waals surface area contributed by atoms with Crippen LogP contribution in [0.2, 0.25) is 5.02 Å². The first kappa shape index (κ1) is 15.4. The Labute approximate surface area is 128 Å². The van der Waals surface area contributed by atoms with Crippen molar-refractivity contribution in [3.63, 3.8) is 0 Å². The monoisotopic (exact) mass is 307 g/mol. The van der Waals surface area contributed by atoms with Gasteiger partial charge in [0.2, 0.25) is 0 Å². The molecule has 2 aromatic rings. The first-order valence-corrected chi connectivity index (χ1v) is 7.24. The number of oxazole rings is 1. The number of anilines is 2. The van der Waals surface area contributed by atoms with Crippen LogP contribution in [0.15, 0.2) is 34.9 Å². The Morgan fingerprint density at radius 1 is 1.38 bits per heavy atom. The number of rotatable bonds is 5. The summed E-state index contributed by atoms with van der Waals surface area (Å²) < 4.78 is 5.33. The number of unbranched alkanes of at least 4 members (excludes halogenated alkanes) is 1. The molecule has 2 rings (SSSR count). The molecule has 0 fully saturated rings. The van der Waals surface area contributed by atoms with E-state index >= 15 is 0 Å². The first-order valence-electron chi connectivity index (χ1n) is 6.86. The van der Waals surface area contributed by atoms with Crippen LogP contribution >= 0.6 is 11.6 Å². The van der Waals surface area contributed by atoms with Crippen LogP contribution in [-0.4, -0.2) is 17.6 Å². The second kappa shape index (κ2) is 7.13. The molecule has 0 saturated carbocycles. The van der Waals surface area contributed by atoms with Crippen LogP contribution in [0.1, 0.15) is 25.5 Å². The van der Waals surface area contributed by atoms with Gasteiger partial charge in [-0.2, -0.15) is 4.98 Å². The van der Waals surface area contributed by atoms with Gasteiger partial charge < -0.3 is 9.73 Å². The molecule has 0 radical (unpaired) electrons. The van der Waals surface area contributed by atoms with Gasteiger partial charge in [0.25, 0.3) is 0 Å². The number of aryl methyl sites for hydroxylation is 1. The summed E-state index contributed by atoms with van der Waals surface area (Å²) in [5.41, 5.74) is 1.42. The highest BCUT2D eigenvalue weighted by Gasteiger charge is 2.19. The van der Waals surface area contributed by atoms with Crippen molar-refractivity contribution in [1.29, 1.82) is 0 Å². The van der Waals surface area contributed by atoms with E-state index in [1.807, 2.05) is 6.92 Å². The van der Waals surface area contributed by atoms with Crippen molar-refractivity contribution >= 4 is 29.3 Å². The quantitative estimate of drug-likeness (QED) is 0.886. The summed E-state index contributed by atoms with van der Waals surface area (Å²) in [6.45, 7) is 4.44. The van der Waals surface area contributed by atoms with Crippen LogP contribution in [0.3, 0.4) is 0 Å². The average molecular weight is 308 g/mol. The van der Waals surface area contributed by atoms with Gasteiger partial charge in [-0.15, -0.1) is 0 Å². The predicted octanol–water partition coefficient (Wildman–Crippen LogP) is 4.48. The Balaban J connectivity index is 2.12. The summed E-state index contributed by atoms with van der Waals surface area (Å²) in [4.78, 5) is 18.1. The molecule has 0 aliphatic carbocycles. The minimum absolute atomic E-state index is 0.271. The smallest absolute Gasteiger partial charge is 0.329 e. The summed E-state index contributed by atoms with van der Waals surface area (Å²) in [5, 5.41) is 3.44. The van der Waals surface area contributed by atoms with E-state index in [4.69, 9.17) is 16.0 Å². The molecule has 0 aliphatic rings. The maximum absolute atomic E-state index is 12.4. The van der Waals surface area contributed by atoms with E-state index < -0.39 is 0 Å². The normalized spacial score (nSPS) is 10.4. The topological polar surface area (TPSA) is 58.4 Å². The van der Waals surface area contributed by atoms with E-state index in [1.54, 1.807) is 24.3 Å². The number of aromatic nitrogens is 1. The Hall–Kier alpha value is -2.01. The number of hydrogen-bond donors (Lipinski definition) is 1. The SMILES string of the molecule is CCCCN(C(=O)Nc1ccc(Cl)cc1)c1nc(C)co1. The van der Waals surface area contributed by atoms with Gasteiger partial charge in [-0.3, -0.25) is 0 Å². The fourth-order valence-corrected chi connectivity index (χ4v) is 1.92. The van der Waals surface area contributed by atoms with Gasteiger partial charge in [-0.25, -0.2) is 9.69 Å². The highest BCUT2D eigenvalue weighted by atomic mass is 35.5. The van der Waals surface area contributed by atoms with E-state index in [2.05, 4.69) is 17.2 Å². The highest BCUT2D eigenvalue weighted by Crippen LogP contribution is 2.18. The molecule has 1 N–H and O–H groups in total. The minimum atomic E-state index is -0.271. The zero-order valence-electron chi connectivity index (χ0n) is 12.1. The molecular formula is C15H18ClN3O2. The number of hydrogen-bond acceptors (Lipinski definition) is 3. The standard InChI is InChI=1S/C15H18ClN3O2/c1-3-4-9-19(15-17-11(2)10-21-15)14(20)18-13-7-5-12(16)6-8-13/h5-8,10H,3-4,9H2,1-2H3,(H,18,20). The zero-order chi connectivity index (χ0) is 15.2. The fraction of sp³-hybridized carbons (Fsp3) is 0.333. The van der Waals surface area contributed by atoms with Crippen molar-refractivity contribution < 1.29 is 9.21 Å². The van der Waals surface area contributed by atoms with Gasteiger partial charge in [0.1, 0.15) is 6.26 Å². The molecule has 5 nitrogen and oxygen atoms in total. The summed E-state index contributed by atoms with van der Waals surface area (Å²) in [7, 11) is 0. The van der Waals surface area contributed by atoms with E-state index in [0.29, 0.717) is 23.3 Å². The molecule has 0 saturated heterocycles. The number of urea groups is 1. The number of amides is 2. The second-order valence-corrected chi connectivity index (χ2v) is 5.15. The van der Waals surface area contributed by atoms with E-state index in [0.717, 1.165) is 18.5 Å². The molecule has 2 amide bonds. The molecule has 1 aromatic carbocycles. The molecule has 1 aromatic heterocycles. The fourth-order valence-electron chi connectivity index (χ4n) is 1.79. The lowest BCUT2D eigenvalue weighted by Gasteiger charge is -2.19. The molecule has 0 spiro atoms. The first-order chi connectivity index (χ1) is 10.1. The molecule has 112 valence electrons. The minimum Gasteiger partial charge on any atom is -0.431 e. The maximum Gasteiger partial charge on any atom is 0.329 e. The van der Waals surface area contributed by atoms with Crippen molar-refractivity contribution in [3.8, 4) is 0 Å². The van der Waals surface area contributed by atoms with Gasteiger partial charge in [-0.05, 0) is 37.6 Å². The number of carbonyl (C=O) groups excluding carboxylic acids is 1. The van der Waals surface area contributed by atoms with Crippen molar-refractivity contribution in [2.75, 3.05) is 16.8 Å². The van der Waals surface area contributed by atoms with Crippen LogP contribution in [0.4, 0.5) is 16.5 Å². The number of nitrogens with one attached hydrogen (secondary N) is 1. The predicted molar refractivity (Wildman–Crippen MR) is 84.0 cm³/mol. The third kappa shape index (κ3) is 4.23. The Morgan fingerprint density at radius 3 is 2.67 bits per heavy atom. The molecule has 0 aliphatic heterocycles. The Kier molecular flexibility index (Phi) is 5.22. The number of halogens is 1. The largest absolute Gasteiger partial charge is 0.431 e. The van der Waals surface area contributed by atoms with Crippen molar-refractivity contribution in [1.82, 2.24) is 4.98 Å². The lowest BCUT2D eigenvalue weighted by Crippen LogP contribution is -2.36. The van der Waals surface area contributed by atoms with Crippen LogP contribution in [0.5, 0.6) is 0 Å². The molecule has 0 unspecified atom stereocenters. The third-order valence-corrected chi connectivity index (χ3v) is 3.17. The van der Waals surface area contributed by atoms with E-state index in [9.17, 15) is 4.79 Å². The van der Waals surface area contributed by atoms with Crippen LogP contribution < -0.4 is 10.2 Å². The average Bonchev–Trinajstić information content (AvgIpc) is 2.88. The Bertz CT molecular complexity index is 595. The lowest BCUT2D eigenvalue weighted by atomic mass is 10.3. The molecule has 1 heterocycles. The Morgan fingerprint density at radius 2 is 2.10 bits per heavy atom. The number of carbonyl (C=O) groups is 1. The van der Waals surface area contributed by atoms with Gasteiger partial charge in [0.05, 0.1) is 5.69 Å². The van der Waals surface area contributed by atoms with Gasteiger partial charge in [0.15, 0.2) is 0 Å². The summed E-state index contributed by atoms with van der Waals surface area (Å²) >= 11 is 5.83. The maximum atomic E-state index is 12.4. The third-order valence-electron chi connectivity index (χ3n) is 2.91. The molecule has 6 heteroatoms. The van der Waals surface area contributed by atoms with Crippen molar-refractivity contribution in [3.05, 3.63) is 41.2 Å². The van der Waals surface area contributed by atoms with Crippen molar-refractivity contribution in [2.24, 2.45) is 0 Å². The van der Waals surface area contributed by atoms with Gasteiger partial charge >= 0.3 is 12.0 Å². The second-order valence-electron chi connectivity index (χ2n) is 4.71. The molecule has 0 atom stereocenters. The molecule has 0 bridgehead atoms. The van der Waals surface area contributed by atoms with Gasteiger partial charge in [-0.1, -0.05) is 24.9 Å². The summed E-state index contributed by atoms with van der Waals surface area (Å²) in [6.07, 6.45) is 3.38. The lowest BCUT2D eigenvalue weighted by molar-refractivity contribution is 0.255. The molecule has 21 heavy (non-hydrogen) atoms. The van der Waals surface area contributed by atoms with E-state index in [1.165, 1.54) is 11.2 Å². The van der Waals surface area contributed by atoms with Crippen LogP contribution in [0, 0.1) is 6.92 Å². The molecular weight excluding hydrogens is 290 g/mol. The number of nitrogens with zero attached hydrogens (tertiary/aromatic N) is 2. The van der Waals surface area contributed by atoms with Crippen LogP contribution in [-0.2, 0) is 0 Å². The summed E-state index contributed by atoms with van der Waals surface area (Å²) in [5.74, 6) is 0. The van der Waals surface area contributed by atoms with Crippen molar-refractivity contribution in [2.45, 2.75) is 26.7 Å². The van der Waals surface area contributed by atoms with Gasteiger partial charge in [0, 0.05) is 17.3 Å². The summed E-state index contributed by atoms with van der Waals surface area (Å²) in [6, 6.07) is 6.99. The highest BCUT2D eigenvalue weighted by molar-refractivity contribution is 6.30. The zero-order valence-corrected chi connectivity index (χ0v) is 12.9. The van der Waals surface area contributed by atoms with Crippen LogP contribution in [0.25, 0.3) is 0 Å². The number of benzene rings is 1. The van der Waals surface area contributed by atoms with E-state index in [-0.39, 0.29) is 6.03 Å².